The van der Waals surface area contributed by atoms with E-state index in [0.717, 1.165) is 0 Å². The van der Waals surface area contributed by atoms with Crippen LogP contribution in [0.3, 0.4) is 0 Å². The van der Waals surface area contributed by atoms with Crippen LogP contribution in [0.15, 0.2) is 10.6 Å². The molecule has 6 nitrogen and oxygen atoms in total. The first kappa shape index (κ1) is 13.1. The van der Waals surface area contributed by atoms with Crippen molar-refractivity contribution >= 4 is 15.7 Å². The third-order valence-corrected chi connectivity index (χ3v) is 4.51. The second kappa shape index (κ2) is 4.08. The van der Waals surface area contributed by atoms with E-state index in [4.69, 9.17) is 4.42 Å². The molecule has 0 unspecified atom stereocenters. The molecule has 7 heteroatoms. The van der Waals surface area contributed by atoms with Crippen LogP contribution in [-0.4, -0.2) is 36.9 Å². The van der Waals surface area contributed by atoms with E-state index in [1.807, 2.05) is 20.8 Å². The van der Waals surface area contributed by atoms with Crippen LogP contribution in [0.25, 0.3) is 0 Å². The number of aromatic nitrogens is 1. The van der Waals surface area contributed by atoms with Gasteiger partial charge in [-0.2, -0.15) is 0 Å². The molecule has 0 bridgehead atoms. The van der Waals surface area contributed by atoms with E-state index in [9.17, 15) is 13.2 Å². The van der Waals surface area contributed by atoms with E-state index >= 15 is 0 Å². The first-order valence-corrected chi connectivity index (χ1v) is 7.47. The molecule has 18 heavy (non-hydrogen) atoms. The number of rotatable bonds is 2. The normalized spacial score (nSPS) is 19.3. The zero-order valence-corrected chi connectivity index (χ0v) is 11.4. The van der Waals surface area contributed by atoms with Crippen LogP contribution in [0.2, 0.25) is 0 Å². The van der Waals surface area contributed by atoms with Gasteiger partial charge in [0.25, 0.3) is 5.89 Å². The zero-order valence-electron chi connectivity index (χ0n) is 10.6. The number of carbonyl (C=O) groups is 1. The van der Waals surface area contributed by atoms with Crippen molar-refractivity contribution in [2.45, 2.75) is 32.2 Å². The lowest BCUT2D eigenvalue weighted by Gasteiger charge is -2.25. The van der Waals surface area contributed by atoms with E-state index in [-0.39, 0.29) is 28.9 Å². The molecule has 1 aliphatic heterocycles. The standard InChI is InChI=1S/C11H16N2O4S/c1-11(2,3)8-4-12-10(17-8)9(14)13-7-5-18(15,16)6-7/h4,7H,5-6H2,1-3H3,(H,13,14). The Labute approximate surface area is 106 Å². The molecule has 0 radical (unpaired) electrons. The summed E-state index contributed by atoms with van der Waals surface area (Å²) in [6.45, 7) is 5.86. The Morgan fingerprint density at radius 2 is 2.06 bits per heavy atom. The monoisotopic (exact) mass is 272 g/mol. The first-order valence-electron chi connectivity index (χ1n) is 5.65. The Bertz CT molecular complexity index is 556. The van der Waals surface area contributed by atoms with Crippen molar-refractivity contribution in [3.8, 4) is 0 Å². The maximum absolute atomic E-state index is 11.7. The van der Waals surface area contributed by atoms with E-state index in [2.05, 4.69) is 10.3 Å². The van der Waals surface area contributed by atoms with Gasteiger partial charge in [0.2, 0.25) is 0 Å². The topological polar surface area (TPSA) is 89.3 Å². The van der Waals surface area contributed by atoms with Crippen LogP contribution in [0.4, 0.5) is 0 Å². The van der Waals surface area contributed by atoms with Crippen LogP contribution in [0.1, 0.15) is 37.2 Å². The lowest BCUT2D eigenvalue weighted by atomic mass is 9.94. The summed E-state index contributed by atoms with van der Waals surface area (Å²) >= 11 is 0. The molecule has 2 rings (SSSR count). The van der Waals surface area contributed by atoms with Crippen LogP contribution in [0.5, 0.6) is 0 Å². The van der Waals surface area contributed by atoms with Gasteiger partial charge in [-0.05, 0) is 0 Å². The molecule has 1 aromatic heterocycles. The zero-order chi connectivity index (χ0) is 13.6. The maximum Gasteiger partial charge on any atom is 0.307 e. The van der Waals surface area contributed by atoms with Gasteiger partial charge in [0.1, 0.15) is 5.76 Å². The molecular formula is C11H16N2O4S. The number of hydrogen-bond donors (Lipinski definition) is 1. The molecule has 1 aliphatic rings. The summed E-state index contributed by atoms with van der Waals surface area (Å²) in [5.74, 6) is 0.112. The molecule has 0 spiro atoms. The van der Waals surface area contributed by atoms with Crippen LogP contribution < -0.4 is 5.32 Å². The maximum atomic E-state index is 11.7. The third kappa shape index (κ3) is 2.72. The van der Waals surface area contributed by atoms with Gasteiger partial charge < -0.3 is 9.73 Å². The Balaban J connectivity index is 2.00. The molecule has 2 heterocycles. The van der Waals surface area contributed by atoms with Gasteiger partial charge >= 0.3 is 5.91 Å². The van der Waals surface area contributed by atoms with Crippen molar-refractivity contribution in [1.82, 2.24) is 10.3 Å². The molecule has 1 N–H and O–H groups in total. The van der Waals surface area contributed by atoms with E-state index < -0.39 is 15.7 Å². The summed E-state index contributed by atoms with van der Waals surface area (Å²) < 4.78 is 27.3. The van der Waals surface area contributed by atoms with Crippen molar-refractivity contribution in [3.63, 3.8) is 0 Å². The van der Waals surface area contributed by atoms with Gasteiger partial charge in [0.15, 0.2) is 9.84 Å². The van der Waals surface area contributed by atoms with Gasteiger partial charge in [-0.3, -0.25) is 4.79 Å². The minimum Gasteiger partial charge on any atom is -0.437 e. The number of carbonyl (C=O) groups excluding carboxylic acids is 1. The van der Waals surface area contributed by atoms with Gasteiger partial charge in [0, 0.05) is 5.41 Å². The molecule has 0 atom stereocenters. The number of sulfone groups is 1. The Hall–Kier alpha value is -1.37. The average molecular weight is 272 g/mol. The van der Waals surface area contributed by atoms with Gasteiger partial charge in [-0.1, -0.05) is 20.8 Å². The molecule has 100 valence electrons. The minimum atomic E-state index is -2.94. The molecule has 0 saturated carbocycles. The number of hydrogen-bond acceptors (Lipinski definition) is 5. The number of nitrogens with zero attached hydrogens (tertiary/aromatic N) is 1. The van der Waals surface area contributed by atoms with Crippen molar-refractivity contribution in [2.75, 3.05) is 11.5 Å². The third-order valence-electron chi connectivity index (χ3n) is 2.68. The summed E-state index contributed by atoms with van der Waals surface area (Å²) in [6.07, 6.45) is 1.52. The van der Waals surface area contributed by atoms with Crippen molar-refractivity contribution in [3.05, 3.63) is 17.8 Å². The highest BCUT2D eigenvalue weighted by Crippen LogP contribution is 2.22. The number of amides is 1. The van der Waals surface area contributed by atoms with Crippen LogP contribution in [0, 0.1) is 0 Å². The highest BCUT2D eigenvalue weighted by Gasteiger charge is 2.35. The molecule has 1 amide bonds. The first-order chi connectivity index (χ1) is 8.17. The van der Waals surface area contributed by atoms with Crippen molar-refractivity contribution in [2.24, 2.45) is 0 Å². The summed E-state index contributed by atoms with van der Waals surface area (Å²) in [5.41, 5.74) is -0.217. The van der Waals surface area contributed by atoms with Crippen LogP contribution >= 0.6 is 0 Å². The largest absolute Gasteiger partial charge is 0.437 e. The highest BCUT2D eigenvalue weighted by molar-refractivity contribution is 7.92. The smallest absolute Gasteiger partial charge is 0.307 e. The lowest BCUT2D eigenvalue weighted by Crippen LogP contribution is -2.53. The van der Waals surface area contributed by atoms with E-state index in [1.54, 1.807) is 0 Å². The van der Waals surface area contributed by atoms with Gasteiger partial charge in [-0.15, -0.1) is 0 Å². The second-order valence-corrected chi connectivity index (χ2v) is 7.68. The molecule has 1 aromatic rings. The summed E-state index contributed by atoms with van der Waals surface area (Å²) in [4.78, 5) is 15.6. The highest BCUT2D eigenvalue weighted by atomic mass is 32.2. The summed E-state index contributed by atoms with van der Waals surface area (Å²) in [7, 11) is -2.94. The predicted octanol–water partition coefficient (Wildman–Crippen LogP) is 0.499. The van der Waals surface area contributed by atoms with E-state index in [0.29, 0.717) is 5.76 Å². The Morgan fingerprint density at radius 1 is 1.44 bits per heavy atom. The molecule has 1 fully saturated rings. The SMILES string of the molecule is CC(C)(C)c1cnc(C(=O)NC2CS(=O)(=O)C2)o1. The average Bonchev–Trinajstić information content (AvgIpc) is 2.62. The fourth-order valence-corrected chi connectivity index (χ4v) is 2.92. The van der Waals surface area contributed by atoms with E-state index in [1.165, 1.54) is 6.20 Å². The number of oxazole rings is 1. The summed E-state index contributed by atoms with van der Waals surface area (Å²) in [6, 6.07) is -0.326. The molecule has 1 saturated heterocycles. The Kier molecular flexibility index (Phi) is 2.96. The minimum absolute atomic E-state index is 0.00836. The number of nitrogens with one attached hydrogen (secondary N) is 1. The van der Waals surface area contributed by atoms with Gasteiger partial charge in [0.05, 0.1) is 23.7 Å². The summed E-state index contributed by atoms with van der Waals surface area (Å²) in [5, 5.41) is 2.58. The predicted molar refractivity (Wildman–Crippen MR) is 65.1 cm³/mol. The lowest BCUT2D eigenvalue weighted by molar-refractivity contribution is 0.0903. The second-order valence-electron chi connectivity index (χ2n) is 5.53. The fraction of sp³-hybridized carbons (Fsp3) is 0.636. The molecule has 0 aliphatic carbocycles. The van der Waals surface area contributed by atoms with Crippen molar-refractivity contribution < 1.29 is 17.6 Å². The Morgan fingerprint density at radius 3 is 2.50 bits per heavy atom. The van der Waals surface area contributed by atoms with Crippen molar-refractivity contribution in [1.29, 1.82) is 0 Å². The molecule has 0 aromatic carbocycles. The fourth-order valence-electron chi connectivity index (χ4n) is 1.62. The molecular weight excluding hydrogens is 256 g/mol. The van der Waals surface area contributed by atoms with Crippen LogP contribution in [-0.2, 0) is 15.3 Å². The quantitative estimate of drug-likeness (QED) is 0.846. The van der Waals surface area contributed by atoms with Gasteiger partial charge in [-0.25, -0.2) is 13.4 Å².